The van der Waals surface area contributed by atoms with E-state index in [1.807, 2.05) is 37.3 Å². The summed E-state index contributed by atoms with van der Waals surface area (Å²) in [6.07, 6.45) is 5.55. The first-order valence-electron chi connectivity index (χ1n) is 9.22. The SMILES string of the molecule is Cc1nc(-c2ccccc2)sc1C(=O)NNC(=O)C[C@@H]1C[C@@H]2CC[C@@H]1C2. The summed E-state index contributed by atoms with van der Waals surface area (Å²) in [6, 6.07) is 9.78. The average Bonchev–Trinajstić information content (AvgIpc) is 3.36. The number of nitrogens with one attached hydrogen (secondary N) is 2. The van der Waals surface area contributed by atoms with Gasteiger partial charge in [0.05, 0.1) is 5.69 Å². The molecule has 1 heterocycles. The van der Waals surface area contributed by atoms with Gasteiger partial charge < -0.3 is 0 Å². The van der Waals surface area contributed by atoms with Crippen molar-refractivity contribution in [3.05, 3.63) is 40.9 Å². The van der Waals surface area contributed by atoms with Gasteiger partial charge in [-0.05, 0) is 43.9 Å². The predicted octanol–water partition coefficient (Wildman–Crippen LogP) is 3.71. The van der Waals surface area contributed by atoms with Gasteiger partial charge in [0.2, 0.25) is 5.91 Å². The zero-order valence-electron chi connectivity index (χ0n) is 14.8. The number of amides is 2. The second-order valence-electron chi connectivity index (χ2n) is 7.44. The topological polar surface area (TPSA) is 71.1 Å². The van der Waals surface area contributed by atoms with E-state index in [0.717, 1.165) is 16.5 Å². The molecule has 2 aliphatic rings. The highest BCUT2D eigenvalue weighted by atomic mass is 32.1. The Balaban J connectivity index is 1.33. The summed E-state index contributed by atoms with van der Waals surface area (Å²) >= 11 is 1.34. The summed E-state index contributed by atoms with van der Waals surface area (Å²) < 4.78 is 0. The molecule has 2 aromatic rings. The molecule has 0 aliphatic heterocycles. The number of aryl methyl sites for hydroxylation is 1. The molecule has 26 heavy (non-hydrogen) atoms. The largest absolute Gasteiger partial charge is 0.281 e. The standard InChI is InChI=1S/C20H23N3O2S/c1-12-18(26-20(21-12)14-5-3-2-4-6-14)19(25)23-22-17(24)11-16-10-13-7-8-15(16)9-13/h2-6,13,15-16H,7-11H2,1H3,(H,22,24)(H,23,25)/t13-,15-,16+/m1/s1. The van der Waals surface area contributed by atoms with Crippen molar-refractivity contribution in [1.29, 1.82) is 0 Å². The van der Waals surface area contributed by atoms with Crippen LogP contribution >= 0.6 is 11.3 Å². The molecule has 0 unspecified atom stereocenters. The molecule has 2 saturated carbocycles. The number of aromatic nitrogens is 1. The molecule has 0 spiro atoms. The highest BCUT2D eigenvalue weighted by Gasteiger charge is 2.40. The number of hydrogen-bond donors (Lipinski definition) is 2. The Bertz CT molecular complexity index is 818. The number of hydrogen-bond acceptors (Lipinski definition) is 4. The third kappa shape index (κ3) is 3.51. The second kappa shape index (κ2) is 7.19. The van der Waals surface area contributed by atoms with Crippen molar-refractivity contribution in [3.63, 3.8) is 0 Å². The maximum Gasteiger partial charge on any atom is 0.281 e. The molecular weight excluding hydrogens is 346 g/mol. The summed E-state index contributed by atoms with van der Waals surface area (Å²) in [4.78, 5) is 29.6. The minimum absolute atomic E-state index is 0.0960. The fourth-order valence-corrected chi connectivity index (χ4v) is 5.38. The van der Waals surface area contributed by atoms with E-state index in [1.54, 1.807) is 0 Å². The van der Waals surface area contributed by atoms with E-state index in [4.69, 9.17) is 0 Å². The van der Waals surface area contributed by atoms with Crippen LogP contribution in [0.25, 0.3) is 10.6 Å². The maximum atomic E-state index is 12.4. The van der Waals surface area contributed by atoms with Gasteiger partial charge in [0.15, 0.2) is 0 Å². The lowest BCUT2D eigenvalue weighted by molar-refractivity contribution is -0.123. The van der Waals surface area contributed by atoms with E-state index in [1.165, 1.54) is 37.0 Å². The normalized spacial score (nSPS) is 23.8. The van der Waals surface area contributed by atoms with Crippen molar-refractivity contribution in [2.75, 3.05) is 0 Å². The summed E-state index contributed by atoms with van der Waals surface area (Å²) in [5.74, 6) is 1.62. The van der Waals surface area contributed by atoms with Crippen LogP contribution in [0.15, 0.2) is 30.3 Å². The molecular formula is C20H23N3O2S. The third-order valence-corrected chi connectivity index (χ3v) is 6.88. The van der Waals surface area contributed by atoms with Gasteiger partial charge in [-0.2, -0.15) is 0 Å². The van der Waals surface area contributed by atoms with Gasteiger partial charge in [0.1, 0.15) is 9.88 Å². The van der Waals surface area contributed by atoms with Gasteiger partial charge in [-0.1, -0.05) is 36.8 Å². The predicted molar refractivity (Wildman–Crippen MR) is 101 cm³/mol. The van der Waals surface area contributed by atoms with Crippen LogP contribution in [0.5, 0.6) is 0 Å². The van der Waals surface area contributed by atoms with E-state index in [-0.39, 0.29) is 11.8 Å². The molecule has 0 radical (unpaired) electrons. The van der Waals surface area contributed by atoms with Crippen molar-refractivity contribution < 1.29 is 9.59 Å². The number of carbonyl (C=O) groups is 2. The van der Waals surface area contributed by atoms with E-state index < -0.39 is 0 Å². The molecule has 6 heteroatoms. The summed E-state index contributed by atoms with van der Waals surface area (Å²) in [5.41, 5.74) is 6.80. The minimum Gasteiger partial charge on any atom is -0.273 e. The first-order chi connectivity index (χ1) is 12.6. The summed E-state index contributed by atoms with van der Waals surface area (Å²) in [5, 5.41) is 0.807. The van der Waals surface area contributed by atoms with E-state index in [0.29, 0.717) is 28.8 Å². The number of hydrazine groups is 1. The highest BCUT2D eigenvalue weighted by Crippen LogP contribution is 2.49. The van der Waals surface area contributed by atoms with Crippen LogP contribution in [0.3, 0.4) is 0 Å². The first kappa shape index (κ1) is 17.2. The smallest absolute Gasteiger partial charge is 0.273 e. The molecule has 2 fully saturated rings. The van der Waals surface area contributed by atoms with Gasteiger partial charge in [0, 0.05) is 12.0 Å². The van der Waals surface area contributed by atoms with Crippen LogP contribution in [-0.4, -0.2) is 16.8 Å². The number of thiazole rings is 1. The first-order valence-corrected chi connectivity index (χ1v) is 10.0. The molecule has 136 valence electrons. The lowest BCUT2D eigenvalue weighted by Crippen LogP contribution is -2.42. The Hall–Kier alpha value is -2.21. The van der Waals surface area contributed by atoms with Gasteiger partial charge in [-0.25, -0.2) is 4.98 Å². The fraction of sp³-hybridized carbons (Fsp3) is 0.450. The zero-order valence-corrected chi connectivity index (χ0v) is 15.6. The van der Waals surface area contributed by atoms with Crippen LogP contribution in [0, 0.1) is 24.7 Å². The molecule has 4 rings (SSSR count). The summed E-state index contributed by atoms with van der Waals surface area (Å²) in [7, 11) is 0. The lowest BCUT2D eigenvalue weighted by atomic mass is 9.86. The van der Waals surface area contributed by atoms with Gasteiger partial charge in [0.25, 0.3) is 5.91 Å². The quantitative estimate of drug-likeness (QED) is 0.807. The molecule has 0 saturated heterocycles. The number of fused-ring (bicyclic) bond motifs is 2. The number of nitrogens with zero attached hydrogens (tertiary/aromatic N) is 1. The van der Waals surface area contributed by atoms with Crippen molar-refractivity contribution in [3.8, 4) is 10.6 Å². The molecule has 2 aliphatic carbocycles. The Morgan fingerprint density at radius 1 is 1.15 bits per heavy atom. The molecule has 1 aromatic heterocycles. The Morgan fingerprint density at radius 2 is 1.96 bits per heavy atom. The molecule has 2 amide bonds. The van der Waals surface area contributed by atoms with Crippen molar-refractivity contribution in [1.82, 2.24) is 15.8 Å². The number of benzene rings is 1. The van der Waals surface area contributed by atoms with Crippen LogP contribution in [0.4, 0.5) is 0 Å². The third-order valence-electron chi connectivity index (χ3n) is 5.67. The van der Waals surface area contributed by atoms with Crippen molar-refractivity contribution in [2.45, 2.75) is 39.0 Å². The maximum absolute atomic E-state index is 12.4. The van der Waals surface area contributed by atoms with E-state index >= 15 is 0 Å². The minimum atomic E-state index is -0.302. The lowest BCUT2D eigenvalue weighted by Gasteiger charge is -2.20. The molecule has 5 nitrogen and oxygen atoms in total. The molecule has 2 N–H and O–H groups in total. The second-order valence-corrected chi connectivity index (χ2v) is 8.44. The fourth-order valence-electron chi connectivity index (χ4n) is 4.41. The van der Waals surface area contributed by atoms with Crippen LogP contribution in [0.2, 0.25) is 0 Å². The molecule has 2 bridgehead atoms. The van der Waals surface area contributed by atoms with Crippen molar-refractivity contribution in [2.24, 2.45) is 17.8 Å². The van der Waals surface area contributed by atoms with E-state index in [2.05, 4.69) is 15.8 Å². The van der Waals surface area contributed by atoms with Gasteiger partial charge in [-0.3, -0.25) is 20.4 Å². The highest BCUT2D eigenvalue weighted by molar-refractivity contribution is 7.17. The Morgan fingerprint density at radius 3 is 2.65 bits per heavy atom. The van der Waals surface area contributed by atoms with Crippen LogP contribution in [-0.2, 0) is 4.79 Å². The molecule has 1 aromatic carbocycles. The van der Waals surface area contributed by atoms with Crippen LogP contribution in [0.1, 0.15) is 47.5 Å². The summed E-state index contributed by atoms with van der Waals surface area (Å²) in [6.45, 7) is 1.81. The monoisotopic (exact) mass is 369 g/mol. The Labute approximate surface area is 157 Å². The van der Waals surface area contributed by atoms with Gasteiger partial charge >= 0.3 is 0 Å². The van der Waals surface area contributed by atoms with Gasteiger partial charge in [-0.15, -0.1) is 11.3 Å². The Kier molecular flexibility index (Phi) is 4.76. The zero-order chi connectivity index (χ0) is 18.1. The van der Waals surface area contributed by atoms with Crippen molar-refractivity contribution >= 4 is 23.2 Å². The number of carbonyl (C=O) groups excluding carboxylic acids is 2. The molecule has 3 atom stereocenters. The van der Waals surface area contributed by atoms with E-state index in [9.17, 15) is 9.59 Å². The number of rotatable bonds is 4. The average molecular weight is 369 g/mol. The van der Waals surface area contributed by atoms with Crippen LogP contribution < -0.4 is 10.9 Å².